The van der Waals surface area contributed by atoms with E-state index in [0.717, 1.165) is 5.57 Å². The Morgan fingerprint density at radius 2 is 2.05 bits per heavy atom. The van der Waals surface area contributed by atoms with Crippen LogP contribution in [0.3, 0.4) is 0 Å². The normalized spacial score (nSPS) is 10.2. The Kier molecular flexibility index (Phi) is 6.78. The molecule has 0 aromatic heterocycles. The van der Waals surface area contributed by atoms with Gasteiger partial charge in [0.1, 0.15) is 5.82 Å². The third-order valence-electron chi connectivity index (χ3n) is 2.19. The Labute approximate surface area is 112 Å². The van der Waals surface area contributed by atoms with Crippen molar-refractivity contribution in [2.24, 2.45) is 0 Å². The molecule has 0 saturated heterocycles. The number of carbonyl (C=O) groups is 1. The molecule has 1 amide bonds. The van der Waals surface area contributed by atoms with Gasteiger partial charge in [-0.25, -0.2) is 4.39 Å². The molecule has 104 valence electrons. The lowest BCUT2D eigenvalue weighted by Crippen LogP contribution is -2.30. The number of nitrogens with one attached hydrogen (secondary N) is 2. The molecule has 0 radical (unpaired) electrons. The SMILES string of the molecule is C=C(C)COCCNCC(=O)Nc1ccc(F)cc1. The zero-order chi connectivity index (χ0) is 14.1. The lowest BCUT2D eigenvalue weighted by Gasteiger charge is -2.07. The second-order valence-electron chi connectivity index (χ2n) is 4.24. The number of ether oxygens (including phenoxy) is 1. The van der Waals surface area contributed by atoms with Crippen LogP contribution in [0.25, 0.3) is 0 Å². The van der Waals surface area contributed by atoms with Gasteiger partial charge in [-0.05, 0) is 31.2 Å². The molecule has 19 heavy (non-hydrogen) atoms. The van der Waals surface area contributed by atoms with Gasteiger partial charge in [0.05, 0.1) is 19.8 Å². The molecular weight excluding hydrogens is 247 g/mol. The highest BCUT2D eigenvalue weighted by Gasteiger charge is 2.01. The molecule has 0 aliphatic carbocycles. The Morgan fingerprint density at radius 3 is 2.68 bits per heavy atom. The second-order valence-corrected chi connectivity index (χ2v) is 4.24. The molecule has 0 spiro atoms. The third kappa shape index (κ3) is 7.33. The first-order chi connectivity index (χ1) is 9.08. The van der Waals surface area contributed by atoms with E-state index >= 15 is 0 Å². The smallest absolute Gasteiger partial charge is 0.238 e. The molecule has 0 aliphatic rings. The van der Waals surface area contributed by atoms with Gasteiger partial charge < -0.3 is 15.4 Å². The predicted octanol–water partition coefficient (Wildman–Crippen LogP) is 1.95. The number of hydrogen-bond donors (Lipinski definition) is 2. The molecule has 4 nitrogen and oxygen atoms in total. The first-order valence-electron chi connectivity index (χ1n) is 6.06. The summed E-state index contributed by atoms with van der Waals surface area (Å²) in [5, 5.41) is 5.60. The monoisotopic (exact) mass is 266 g/mol. The fraction of sp³-hybridized carbons (Fsp3) is 0.357. The van der Waals surface area contributed by atoms with Crippen LogP contribution in [0.1, 0.15) is 6.92 Å². The Balaban J connectivity index is 2.11. The highest BCUT2D eigenvalue weighted by molar-refractivity contribution is 5.92. The van der Waals surface area contributed by atoms with E-state index in [1.807, 2.05) is 6.92 Å². The Morgan fingerprint density at radius 1 is 1.37 bits per heavy atom. The summed E-state index contributed by atoms with van der Waals surface area (Å²) < 4.78 is 17.9. The first-order valence-corrected chi connectivity index (χ1v) is 6.06. The number of hydrogen-bond acceptors (Lipinski definition) is 3. The molecular formula is C14H19FN2O2. The number of amides is 1. The molecule has 0 fully saturated rings. The van der Waals surface area contributed by atoms with Crippen molar-refractivity contribution in [2.75, 3.05) is 31.6 Å². The van der Waals surface area contributed by atoms with Gasteiger partial charge in [0.2, 0.25) is 5.91 Å². The van der Waals surface area contributed by atoms with E-state index < -0.39 is 0 Å². The van der Waals surface area contributed by atoms with Gasteiger partial charge >= 0.3 is 0 Å². The summed E-state index contributed by atoms with van der Waals surface area (Å²) >= 11 is 0. The predicted molar refractivity (Wildman–Crippen MR) is 73.5 cm³/mol. The van der Waals surface area contributed by atoms with Crippen molar-refractivity contribution in [3.05, 3.63) is 42.2 Å². The molecule has 0 unspecified atom stereocenters. The summed E-state index contributed by atoms with van der Waals surface area (Å²) in [6, 6.07) is 5.63. The van der Waals surface area contributed by atoms with Crippen molar-refractivity contribution in [3.8, 4) is 0 Å². The minimum absolute atomic E-state index is 0.175. The lowest BCUT2D eigenvalue weighted by atomic mass is 10.3. The summed E-state index contributed by atoms with van der Waals surface area (Å²) in [5.41, 5.74) is 1.54. The van der Waals surface area contributed by atoms with Crippen LogP contribution in [-0.2, 0) is 9.53 Å². The summed E-state index contributed by atoms with van der Waals surface area (Å²) in [7, 11) is 0. The van der Waals surface area contributed by atoms with Crippen LogP contribution in [-0.4, -0.2) is 32.2 Å². The van der Waals surface area contributed by atoms with E-state index in [9.17, 15) is 9.18 Å². The highest BCUT2D eigenvalue weighted by atomic mass is 19.1. The van der Waals surface area contributed by atoms with E-state index in [0.29, 0.717) is 25.4 Å². The fourth-order valence-electron chi connectivity index (χ4n) is 1.33. The second kappa shape index (κ2) is 8.39. The van der Waals surface area contributed by atoms with Crippen molar-refractivity contribution < 1.29 is 13.9 Å². The third-order valence-corrected chi connectivity index (χ3v) is 2.19. The topological polar surface area (TPSA) is 50.4 Å². The number of rotatable bonds is 8. The molecule has 0 aliphatic heterocycles. The largest absolute Gasteiger partial charge is 0.376 e. The average molecular weight is 266 g/mol. The van der Waals surface area contributed by atoms with Crippen molar-refractivity contribution in [3.63, 3.8) is 0 Å². The summed E-state index contributed by atoms with van der Waals surface area (Å²) in [6.45, 7) is 7.44. The summed E-state index contributed by atoms with van der Waals surface area (Å²) in [5.74, 6) is -0.503. The molecule has 1 aromatic carbocycles. The minimum atomic E-state index is -0.328. The zero-order valence-corrected chi connectivity index (χ0v) is 11.0. The maximum absolute atomic E-state index is 12.7. The van der Waals surface area contributed by atoms with E-state index in [4.69, 9.17) is 4.74 Å². The summed E-state index contributed by atoms with van der Waals surface area (Å²) in [6.07, 6.45) is 0. The van der Waals surface area contributed by atoms with Crippen LogP contribution < -0.4 is 10.6 Å². The van der Waals surface area contributed by atoms with E-state index in [1.54, 1.807) is 0 Å². The molecule has 0 bridgehead atoms. The van der Waals surface area contributed by atoms with Crippen molar-refractivity contribution in [2.45, 2.75) is 6.92 Å². The maximum Gasteiger partial charge on any atom is 0.238 e. The van der Waals surface area contributed by atoms with Crippen molar-refractivity contribution in [1.29, 1.82) is 0 Å². The average Bonchev–Trinajstić information content (AvgIpc) is 2.36. The molecule has 5 heteroatoms. The van der Waals surface area contributed by atoms with Gasteiger partial charge in [-0.3, -0.25) is 4.79 Å². The van der Waals surface area contributed by atoms with Crippen LogP contribution in [0.2, 0.25) is 0 Å². The standard InChI is InChI=1S/C14H19FN2O2/c1-11(2)10-19-8-7-16-9-14(18)17-13-5-3-12(15)4-6-13/h3-6,16H,1,7-10H2,2H3,(H,17,18). The molecule has 2 N–H and O–H groups in total. The van der Waals surface area contributed by atoms with Gasteiger partial charge in [0.15, 0.2) is 0 Å². The van der Waals surface area contributed by atoms with E-state index in [1.165, 1.54) is 24.3 Å². The number of halogens is 1. The van der Waals surface area contributed by atoms with Crippen LogP contribution in [0, 0.1) is 5.82 Å². The van der Waals surface area contributed by atoms with Crippen LogP contribution in [0.5, 0.6) is 0 Å². The first kappa shape index (κ1) is 15.3. The maximum atomic E-state index is 12.7. The lowest BCUT2D eigenvalue weighted by molar-refractivity contribution is -0.115. The van der Waals surface area contributed by atoms with Crippen molar-refractivity contribution >= 4 is 11.6 Å². The fourth-order valence-corrected chi connectivity index (χ4v) is 1.33. The minimum Gasteiger partial charge on any atom is -0.376 e. The molecule has 1 aromatic rings. The molecule has 0 saturated carbocycles. The number of anilines is 1. The Bertz CT molecular complexity index is 418. The van der Waals surface area contributed by atoms with Crippen LogP contribution in [0.15, 0.2) is 36.4 Å². The zero-order valence-electron chi connectivity index (χ0n) is 11.0. The van der Waals surface area contributed by atoms with Gasteiger partial charge in [-0.2, -0.15) is 0 Å². The van der Waals surface area contributed by atoms with Gasteiger partial charge in [-0.1, -0.05) is 12.2 Å². The van der Waals surface area contributed by atoms with Crippen LogP contribution in [0.4, 0.5) is 10.1 Å². The van der Waals surface area contributed by atoms with Crippen LogP contribution >= 0.6 is 0 Å². The van der Waals surface area contributed by atoms with E-state index in [2.05, 4.69) is 17.2 Å². The quantitative estimate of drug-likeness (QED) is 0.558. The number of carbonyl (C=O) groups excluding carboxylic acids is 1. The summed E-state index contributed by atoms with van der Waals surface area (Å²) in [4.78, 5) is 11.5. The Hall–Kier alpha value is -1.72. The van der Waals surface area contributed by atoms with Gasteiger partial charge in [0, 0.05) is 12.2 Å². The highest BCUT2D eigenvalue weighted by Crippen LogP contribution is 2.07. The molecule has 1 rings (SSSR count). The van der Waals surface area contributed by atoms with Gasteiger partial charge in [-0.15, -0.1) is 0 Å². The molecule has 0 heterocycles. The van der Waals surface area contributed by atoms with E-state index in [-0.39, 0.29) is 18.3 Å². The van der Waals surface area contributed by atoms with Crippen molar-refractivity contribution in [1.82, 2.24) is 5.32 Å². The molecule has 0 atom stereocenters. The van der Waals surface area contributed by atoms with Gasteiger partial charge in [0.25, 0.3) is 0 Å². The number of benzene rings is 1.